The van der Waals surface area contributed by atoms with Crippen LogP contribution in [0.15, 0.2) is 30.5 Å². The minimum absolute atomic E-state index is 0.0617. The van der Waals surface area contributed by atoms with Crippen LogP contribution < -0.4 is 16.4 Å². The Kier molecular flexibility index (Phi) is 4.37. The molecule has 0 aliphatic carbocycles. The molecule has 5 N–H and O–H groups in total. The Morgan fingerprint density at radius 3 is 2.95 bits per heavy atom. The molecule has 1 aromatic carbocycles. The molecule has 1 heterocycles. The zero-order chi connectivity index (χ0) is 14.5. The smallest absolute Gasteiger partial charge is 0.319 e. The third-order valence-corrected chi connectivity index (χ3v) is 3.04. The van der Waals surface area contributed by atoms with Gasteiger partial charge in [0.2, 0.25) is 0 Å². The SMILES string of the molecule is Cc1[nH]ncc1CNC(=O)Nc1cccc(C(C)N)c1. The van der Waals surface area contributed by atoms with Crippen molar-refractivity contribution in [2.45, 2.75) is 26.4 Å². The van der Waals surface area contributed by atoms with E-state index < -0.39 is 0 Å². The van der Waals surface area contributed by atoms with Crippen molar-refractivity contribution in [3.05, 3.63) is 47.3 Å². The van der Waals surface area contributed by atoms with Crippen molar-refractivity contribution in [2.75, 3.05) is 5.32 Å². The van der Waals surface area contributed by atoms with Gasteiger partial charge in [0.05, 0.1) is 6.20 Å². The number of nitrogens with one attached hydrogen (secondary N) is 3. The van der Waals surface area contributed by atoms with Crippen molar-refractivity contribution >= 4 is 11.7 Å². The Balaban J connectivity index is 1.91. The number of anilines is 1. The molecule has 1 aromatic heterocycles. The molecule has 2 amide bonds. The van der Waals surface area contributed by atoms with Gasteiger partial charge in [-0.05, 0) is 31.5 Å². The average molecular weight is 273 g/mol. The predicted molar refractivity (Wildman–Crippen MR) is 78.2 cm³/mol. The highest BCUT2D eigenvalue weighted by molar-refractivity contribution is 5.89. The van der Waals surface area contributed by atoms with Crippen molar-refractivity contribution < 1.29 is 4.79 Å². The highest BCUT2D eigenvalue weighted by Crippen LogP contribution is 2.15. The van der Waals surface area contributed by atoms with Gasteiger partial charge in [-0.25, -0.2) is 4.79 Å². The molecular formula is C14H19N5O. The number of hydrogen-bond donors (Lipinski definition) is 4. The Labute approximate surface area is 117 Å². The maximum Gasteiger partial charge on any atom is 0.319 e. The summed E-state index contributed by atoms with van der Waals surface area (Å²) in [5.74, 6) is 0. The van der Waals surface area contributed by atoms with E-state index in [0.717, 1.165) is 22.5 Å². The first-order valence-corrected chi connectivity index (χ1v) is 6.45. The molecule has 2 rings (SSSR count). The molecule has 0 saturated carbocycles. The van der Waals surface area contributed by atoms with Crippen molar-refractivity contribution in [3.8, 4) is 0 Å². The minimum Gasteiger partial charge on any atom is -0.334 e. The first-order chi connectivity index (χ1) is 9.56. The number of nitrogens with two attached hydrogens (primary N) is 1. The number of carbonyl (C=O) groups excluding carboxylic acids is 1. The lowest BCUT2D eigenvalue weighted by Crippen LogP contribution is -2.28. The van der Waals surface area contributed by atoms with Crippen LogP contribution in [0.2, 0.25) is 0 Å². The Hall–Kier alpha value is -2.34. The van der Waals surface area contributed by atoms with Crippen LogP contribution in [0.4, 0.5) is 10.5 Å². The van der Waals surface area contributed by atoms with Crippen LogP contribution in [0.25, 0.3) is 0 Å². The number of aromatic amines is 1. The van der Waals surface area contributed by atoms with Crippen LogP contribution in [0.3, 0.4) is 0 Å². The third kappa shape index (κ3) is 3.58. The Bertz CT molecular complexity index is 591. The van der Waals surface area contributed by atoms with E-state index in [2.05, 4.69) is 20.8 Å². The molecule has 0 saturated heterocycles. The van der Waals surface area contributed by atoms with E-state index in [1.165, 1.54) is 0 Å². The number of nitrogens with zero attached hydrogens (tertiary/aromatic N) is 1. The van der Waals surface area contributed by atoms with Gasteiger partial charge in [-0.15, -0.1) is 0 Å². The van der Waals surface area contributed by atoms with Gasteiger partial charge in [0, 0.05) is 29.5 Å². The highest BCUT2D eigenvalue weighted by Gasteiger charge is 2.06. The summed E-state index contributed by atoms with van der Waals surface area (Å²) in [6.07, 6.45) is 1.70. The number of carbonyl (C=O) groups is 1. The van der Waals surface area contributed by atoms with Crippen molar-refractivity contribution in [1.82, 2.24) is 15.5 Å². The molecule has 0 aliphatic rings. The maximum absolute atomic E-state index is 11.8. The van der Waals surface area contributed by atoms with Crippen molar-refractivity contribution in [1.29, 1.82) is 0 Å². The van der Waals surface area contributed by atoms with E-state index >= 15 is 0 Å². The van der Waals surface area contributed by atoms with Crippen LogP contribution in [0, 0.1) is 6.92 Å². The van der Waals surface area contributed by atoms with Crippen LogP contribution in [0.5, 0.6) is 0 Å². The number of rotatable bonds is 4. The fraction of sp³-hybridized carbons (Fsp3) is 0.286. The van der Waals surface area contributed by atoms with Gasteiger partial charge in [0.15, 0.2) is 0 Å². The van der Waals surface area contributed by atoms with Gasteiger partial charge in [0.25, 0.3) is 0 Å². The van der Waals surface area contributed by atoms with Crippen LogP contribution in [0.1, 0.15) is 29.8 Å². The molecular weight excluding hydrogens is 254 g/mol. The lowest BCUT2D eigenvalue weighted by molar-refractivity contribution is 0.251. The molecule has 1 atom stereocenters. The summed E-state index contributed by atoms with van der Waals surface area (Å²) in [4.78, 5) is 11.8. The number of H-pyrrole nitrogens is 1. The zero-order valence-electron chi connectivity index (χ0n) is 11.6. The molecule has 0 fully saturated rings. The molecule has 20 heavy (non-hydrogen) atoms. The fourth-order valence-corrected chi connectivity index (χ4v) is 1.80. The highest BCUT2D eigenvalue weighted by atomic mass is 16.2. The first kappa shape index (κ1) is 14.1. The largest absolute Gasteiger partial charge is 0.334 e. The first-order valence-electron chi connectivity index (χ1n) is 6.45. The maximum atomic E-state index is 11.8. The van der Waals surface area contributed by atoms with E-state index in [1.807, 2.05) is 38.1 Å². The van der Waals surface area contributed by atoms with Crippen LogP contribution in [-0.4, -0.2) is 16.2 Å². The number of benzene rings is 1. The summed E-state index contributed by atoms with van der Waals surface area (Å²) in [6.45, 7) is 4.25. The van der Waals surface area contributed by atoms with Crippen LogP contribution >= 0.6 is 0 Å². The van der Waals surface area contributed by atoms with Gasteiger partial charge in [-0.1, -0.05) is 12.1 Å². The van der Waals surface area contributed by atoms with Gasteiger partial charge < -0.3 is 16.4 Å². The van der Waals surface area contributed by atoms with E-state index in [-0.39, 0.29) is 12.1 Å². The quantitative estimate of drug-likeness (QED) is 0.686. The van der Waals surface area contributed by atoms with E-state index in [4.69, 9.17) is 5.73 Å². The topological polar surface area (TPSA) is 95.8 Å². The normalized spacial score (nSPS) is 11.9. The molecule has 0 spiro atoms. The summed E-state index contributed by atoms with van der Waals surface area (Å²) >= 11 is 0. The number of aryl methyl sites for hydroxylation is 1. The lowest BCUT2D eigenvalue weighted by atomic mass is 10.1. The zero-order valence-corrected chi connectivity index (χ0v) is 11.6. The summed E-state index contributed by atoms with van der Waals surface area (Å²) in [6, 6.07) is 7.18. The second-order valence-corrected chi connectivity index (χ2v) is 4.74. The van der Waals surface area contributed by atoms with Gasteiger partial charge in [-0.3, -0.25) is 5.10 Å². The van der Waals surface area contributed by atoms with E-state index in [0.29, 0.717) is 6.54 Å². The average Bonchev–Trinajstić information content (AvgIpc) is 2.82. The summed E-state index contributed by atoms with van der Waals surface area (Å²) < 4.78 is 0. The van der Waals surface area contributed by atoms with Gasteiger partial charge in [0.1, 0.15) is 0 Å². The Morgan fingerprint density at radius 1 is 1.50 bits per heavy atom. The Morgan fingerprint density at radius 2 is 2.30 bits per heavy atom. The molecule has 1 unspecified atom stereocenters. The number of hydrogen-bond acceptors (Lipinski definition) is 3. The third-order valence-electron chi connectivity index (χ3n) is 3.04. The van der Waals surface area contributed by atoms with Crippen molar-refractivity contribution in [3.63, 3.8) is 0 Å². The second kappa shape index (κ2) is 6.21. The summed E-state index contributed by atoms with van der Waals surface area (Å²) in [7, 11) is 0. The predicted octanol–water partition coefficient (Wildman–Crippen LogP) is 2.06. The standard InChI is InChI=1S/C14H19N5O/c1-9(15)11-4-3-5-13(6-11)18-14(20)16-7-12-8-17-19-10(12)2/h3-6,8-9H,7,15H2,1-2H3,(H,17,19)(H2,16,18,20). The van der Waals surface area contributed by atoms with E-state index in [9.17, 15) is 4.79 Å². The fourth-order valence-electron chi connectivity index (χ4n) is 1.80. The molecule has 106 valence electrons. The molecule has 6 heteroatoms. The van der Waals surface area contributed by atoms with Gasteiger partial charge >= 0.3 is 6.03 Å². The molecule has 0 aliphatic heterocycles. The molecule has 6 nitrogen and oxygen atoms in total. The molecule has 2 aromatic rings. The minimum atomic E-state index is -0.257. The molecule has 0 bridgehead atoms. The summed E-state index contributed by atoms with van der Waals surface area (Å²) in [5, 5.41) is 12.3. The number of urea groups is 1. The van der Waals surface area contributed by atoms with Crippen molar-refractivity contribution in [2.24, 2.45) is 5.73 Å². The second-order valence-electron chi connectivity index (χ2n) is 4.74. The monoisotopic (exact) mass is 273 g/mol. The number of amides is 2. The lowest BCUT2D eigenvalue weighted by Gasteiger charge is -2.10. The summed E-state index contributed by atoms with van der Waals surface area (Å²) in [5.41, 5.74) is 9.43. The number of aromatic nitrogens is 2. The van der Waals surface area contributed by atoms with E-state index in [1.54, 1.807) is 6.20 Å². The van der Waals surface area contributed by atoms with Gasteiger partial charge in [-0.2, -0.15) is 5.10 Å². The molecule has 0 radical (unpaired) electrons. The van der Waals surface area contributed by atoms with Crippen LogP contribution in [-0.2, 0) is 6.54 Å².